The van der Waals surface area contributed by atoms with Crippen LogP contribution in [0.2, 0.25) is 0 Å². The molecule has 1 aliphatic rings. The lowest BCUT2D eigenvalue weighted by atomic mass is 9.99. The highest BCUT2D eigenvalue weighted by Crippen LogP contribution is 2.22. The molecule has 6 atom stereocenters. The van der Waals surface area contributed by atoms with E-state index < -0.39 is 49.4 Å². The van der Waals surface area contributed by atoms with E-state index in [2.05, 4.69) is 38.2 Å². The number of rotatable bonds is 29. The zero-order valence-electron chi connectivity index (χ0n) is 29.3. The van der Waals surface area contributed by atoms with Gasteiger partial charge in [0, 0.05) is 12.8 Å². The molecular weight excluding hydrogens is 604 g/mol. The molecule has 0 aromatic heterocycles. The summed E-state index contributed by atoms with van der Waals surface area (Å²) in [6, 6.07) is 0. The summed E-state index contributed by atoms with van der Waals surface area (Å²) in [7, 11) is 0. The maximum absolute atomic E-state index is 12.6. The van der Waals surface area contributed by atoms with E-state index in [1.165, 1.54) is 44.9 Å². The summed E-state index contributed by atoms with van der Waals surface area (Å²) in [6.07, 6.45) is 20.7. The molecule has 0 spiro atoms. The first-order chi connectivity index (χ1) is 22.8. The van der Waals surface area contributed by atoms with Gasteiger partial charge in [0.15, 0.2) is 12.4 Å². The van der Waals surface area contributed by atoms with Gasteiger partial charge in [0.25, 0.3) is 0 Å². The van der Waals surface area contributed by atoms with Gasteiger partial charge in [0.1, 0.15) is 31.0 Å². The van der Waals surface area contributed by atoms with Crippen LogP contribution in [0.25, 0.3) is 0 Å². The van der Waals surface area contributed by atoms with E-state index in [9.17, 15) is 30.0 Å². The van der Waals surface area contributed by atoms with E-state index in [-0.39, 0.29) is 32.0 Å². The SMILES string of the molecule is CCCCC/C=C/C/C=C/CCCCCCCC(=O)OC(COC(=O)CCCCCCCCC)CO[C@@H]1O[C@H](CO)[C@@H](O)[C@H](O)[C@H]1O. The lowest BCUT2D eigenvalue weighted by molar-refractivity contribution is -0.305. The average Bonchev–Trinajstić information content (AvgIpc) is 3.06. The minimum Gasteiger partial charge on any atom is -0.462 e. The van der Waals surface area contributed by atoms with E-state index in [0.717, 1.165) is 64.2 Å². The van der Waals surface area contributed by atoms with Crippen LogP contribution < -0.4 is 0 Å². The molecule has 1 heterocycles. The van der Waals surface area contributed by atoms with Crippen molar-refractivity contribution in [2.75, 3.05) is 19.8 Å². The van der Waals surface area contributed by atoms with Gasteiger partial charge < -0.3 is 39.4 Å². The number of hydrogen-bond donors (Lipinski definition) is 4. The molecule has 0 saturated carbocycles. The molecule has 0 aromatic rings. The molecule has 0 aliphatic carbocycles. The van der Waals surface area contributed by atoms with Crippen LogP contribution in [0.15, 0.2) is 24.3 Å². The molecule has 1 unspecified atom stereocenters. The number of aliphatic hydroxyl groups is 4. The molecule has 0 aromatic carbocycles. The average molecular weight is 671 g/mol. The Bertz CT molecular complexity index is 830. The smallest absolute Gasteiger partial charge is 0.306 e. The minimum atomic E-state index is -1.59. The van der Waals surface area contributed by atoms with Gasteiger partial charge in [0.2, 0.25) is 0 Å². The van der Waals surface area contributed by atoms with Crippen molar-refractivity contribution in [3.63, 3.8) is 0 Å². The summed E-state index contributed by atoms with van der Waals surface area (Å²) >= 11 is 0. The van der Waals surface area contributed by atoms with Crippen LogP contribution in [-0.2, 0) is 28.5 Å². The zero-order valence-corrected chi connectivity index (χ0v) is 29.3. The topological polar surface area (TPSA) is 152 Å². The fourth-order valence-electron chi connectivity index (χ4n) is 5.33. The van der Waals surface area contributed by atoms with Gasteiger partial charge >= 0.3 is 11.9 Å². The molecule has 1 aliphatic heterocycles. The Labute approximate surface area is 283 Å². The van der Waals surface area contributed by atoms with Crippen molar-refractivity contribution >= 4 is 11.9 Å². The Hall–Kier alpha value is -1.82. The van der Waals surface area contributed by atoms with Crippen LogP contribution in [0.4, 0.5) is 0 Å². The van der Waals surface area contributed by atoms with Crippen molar-refractivity contribution in [2.24, 2.45) is 0 Å². The fourth-order valence-corrected chi connectivity index (χ4v) is 5.33. The van der Waals surface area contributed by atoms with Crippen LogP contribution in [-0.4, -0.2) is 89.0 Å². The lowest BCUT2D eigenvalue weighted by Crippen LogP contribution is -2.59. The number of allylic oxidation sites excluding steroid dienone is 4. The Morgan fingerprint density at radius 3 is 1.81 bits per heavy atom. The van der Waals surface area contributed by atoms with Crippen molar-refractivity contribution in [1.29, 1.82) is 0 Å². The monoisotopic (exact) mass is 670 g/mol. The summed E-state index contributed by atoms with van der Waals surface area (Å²) in [5.74, 6) is -0.831. The first kappa shape index (κ1) is 43.2. The largest absolute Gasteiger partial charge is 0.462 e. The number of ether oxygens (including phenoxy) is 4. The van der Waals surface area contributed by atoms with Gasteiger partial charge in [-0.2, -0.15) is 0 Å². The first-order valence-electron chi connectivity index (χ1n) is 18.4. The highest BCUT2D eigenvalue weighted by molar-refractivity contribution is 5.70. The normalized spacial score (nSPS) is 22.2. The maximum Gasteiger partial charge on any atom is 0.306 e. The maximum atomic E-state index is 12.6. The molecule has 10 nitrogen and oxygen atoms in total. The van der Waals surface area contributed by atoms with Gasteiger partial charge in [-0.1, -0.05) is 109 Å². The molecule has 1 fully saturated rings. The summed E-state index contributed by atoms with van der Waals surface area (Å²) in [4.78, 5) is 25.0. The Morgan fingerprint density at radius 2 is 1.19 bits per heavy atom. The predicted octanol–water partition coefficient (Wildman–Crippen LogP) is 6.21. The van der Waals surface area contributed by atoms with Gasteiger partial charge in [-0.15, -0.1) is 0 Å². The zero-order chi connectivity index (χ0) is 34.5. The molecule has 274 valence electrons. The van der Waals surface area contributed by atoms with Gasteiger partial charge in [-0.25, -0.2) is 0 Å². The van der Waals surface area contributed by atoms with Gasteiger partial charge in [-0.3, -0.25) is 9.59 Å². The minimum absolute atomic E-state index is 0.215. The van der Waals surface area contributed by atoms with Crippen LogP contribution in [0, 0.1) is 0 Å². The van der Waals surface area contributed by atoms with E-state index in [0.29, 0.717) is 6.42 Å². The summed E-state index contributed by atoms with van der Waals surface area (Å²) in [5.41, 5.74) is 0. The van der Waals surface area contributed by atoms with Crippen molar-refractivity contribution in [3.05, 3.63) is 24.3 Å². The molecule has 0 bridgehead atoms. The second-order valence-corrected chi connectivity index (χ2v) is 12.7. The summed E-state index contributed by atoms with van der Waals surface area (Å²) in [5, 5.41) is 39.8. The van der Waals surface area contributed by atoms with Crippen molar-refractivity contribution in [2.45, 2.75) is 179 Å². The number of aliphatic hydroxyl groups excluding tert-OH is 4. The van der Waals surface area contributed by atoms with Crippen molar-refractivity contribution in [1.82, 2.24) is 0 Å². The van der Waals surface area contributed by atoms with Gasteiger partial charge in [-0.05, 0) is 44.9 Å². The lowest BCUT2D eigenvalue weighted by Gasteiger charge is -2.39. The van der Waals surface area contributed by atoms with E-state index in [4.69, 9.17) is 18.9 Å². The van der Waals surface area contributed by atoms with Crippen LogP contribution in [0.5, 0.6) is 0 Å². The first-order valence-corrected chi connectivity index (χ1v) is 18.4. The van der Waals surface area contributed by atoms with Crippen LogP contribution >= 0.6 is 0 Å². The molecule has 0 amide bonds. The third kappa shape index (κ3) is 21.7. The Balaban J connectivity index is 2.41. The van der Waals surface area contributed by atoms with Crippen molar-refractivity contribution in [3.8, 4) is 0 Å². The number of unbranched alkanes of at least 4 members (excludes halogenated alkanes) is 14. The quantitative estimate of drug-likeness (QED) is 0.0411. The third-order valence-corrected chi connectivity index (χ3v) is 8.34. The fraction of sp³-hybridized carbons (Fsp3) is 0.838. The molecular formula is C37H66O10. The molecule has 1 rings (SSSR count). The van der Waals surface area contributed by atoms with Gasteiger partial charge in [0.05, 0.1) is 13.2 Å². The Morgan fingerprint density at radius 1 is 0.660 bits per heavy atom. The van der Waals surface area contributed by atoms with Crippen LogP contribution in [0.1, 0.15) is 142 Å². The van der Waals surface area contributed by atoms with E-state index >= 15 is 0 Å². The van der Waals surface area contributed by atoms with E-state index in [1.54, 1.807) is 0 Å². The highest BCUT2D eigenvalue weighted by Gasteiger charge is 2.44. The molecule has 0 radical (unpaired) electrons. The predicted molar refractivity (Wildman–Crippen MR) is 183 cm³/mol. The number of esters is 2. The molecule has 4 N–H and O–H groups in total. The van der Waals surface area contributed by atoms with E-state index in [1.807, 2.05) is 0 Å². The van der Waals surface area contributed by atoms with Crippen LogP contribution in [0.3, 0.4) is 0 Å². The standard InChI is InChI=1S/C37H66O10/c1-3-5-7-9-11-12-13-14-15-16-17-18-20-22-24-26-33(40)46-30(28-44-32(39)25-23-21-19-10-8-6-4-2)29-45-37-36(43)35(42)34(41)31(27-38)47-37/h11-12,14-15,30-31,34-38,41-43H,3-10,13,16-29H2,1-2H3/b12-11+,15-14+/t30?,31-,34-,35+,36-,37-/m1/s1. The summed E-state index contributed by atoms with van der Waals surface area (Å²) < 4.78 is 21.9. The second-order valence-electron chi connectivity index (χ2n) is 12.7. The third-order valence-electron chi connectivity index (χ3n) is 8.34. The number of carbonyl (C=O) groups excluding carboxylic acids is 2. The molecule has 1 saturated heterocycles. The number of hydrogen-bond acceptors (Lipinski definition) is 10. The van der Waals surface area contributed by atoms with Crippen molar-refractivity contribution < 1.29 is 49.0 Å². The number of carbonyl (C=O) groups is 2. The highest BCUT2D eigenvalue weighted by atomic mass is 16.7. The Kier molecular flexibility index (Phi) is 26.8. The summed E-state index contributed by atoms with van der Waals surface area (Å²) in [6.45, 7) is 3.30. The second kappa shape index (κ2) is 29.1. The molecule has 47 heavy (non-hydrogen) atoms. The molecule has 10 heteroatoms.